The fourth-order valence-corrected chi connectivity index (χ4v) is 2.91. The highest BCUT2D eigenvalue weighted by atomic mass is 16.2. The van der Waals surface area contributed by atoms with Crippen molar-refractivity contribution >= 4 is 17.8 Å². The molecule has 2 N–H and O–H groups in total. The van der Waals surface area contributed by atoms with Crippen molar-refractivity contribution in [2.45, 2.75) is 38.6 Å². The first kappa shape index (κ1) is 16.2. The molecule has 1 aliphatic heterocycles. The van der Waals surface area contributed by atoms with Crippen molar-refractivity contribution < 1.29 is 9.59 Å². The minimum atomic E-state index is -0.454. The maximum absolute atomic E-state index is 12.5. The van der Waals surface area contributed by atoms with E-state index < -0.39 is 6.04 Å². The Morgan fingerprint density at radius 3 is 2.83 bits per heavy atom. The first-order valence-corrected chi connectivity index (χ1v) is 8.23. The van der Waals surface area contributed by atoms with Crippen LogP contribution in [0.2, 0.25) is 0 Å². The van der Waals surface area contributed by atoms with Gasteiger partial charge in [-0.05, 0) is 18.4 Å². The van der Waals surface area contributed by atoms with Gasteiger partial charge < -0.3 is 4.90 Å². The number of carbonyl (C=O) groups excluding carboxylic acids is 2. The zero-order valence-electron chi connectivity index (χ0n) is 13.7. The molecule has 1 aromatic heterocycles. The number of benzene rings is 1. The van der Waals surface area contributed by atoms with Crippen LogP contribution in [0.4, 0.5) is 5.95 Å². The van der Waals surface area contributed by atoms with Crippen LogP contribution < -0.4 is 5.32 Å². The lowest BCUT2D eigenvalue weighted by Crippen LogP contribution is -2.44. The summed E-state index contributed by atoms with van der Waals surface area (Å²) >= 11 is 0. The maximum Gasteiger partial charge on any atom is 0.249 e. The lowest BCUT2D eigenvalue weighted by molar-refractivity contribution is -0.136. The van der Waals surface area contributed by atoms with Gasteiger partial charge in [-0.3, -0.25) is 20.0 Å². The molecule has 0 saturated carbocycles. The van der Waals surface area contributed by atoms with E-state index in [1.54, 1.807) is 4.90 Å². The second-order valence-corrected chi connectivity index (χ2v) is 5.86. The van der Waals surface area contributed by atoms with Crippen LogP contribution in [0, 0.1) is 0 Å². The predicted octanol–water partition coefficient (Wildman–Crippen LogP) is 1.54. The Morgan fingerprint density at radius 1 is 1.33 bits per heavy atom. The number of likely N-dealkylation sites (tertiary alicyclic amines) is 1. The quantitative estimate of drug-likeness (QED) is 0.871. The molecule has 7 heteroatoms. The smallest absolute Gasteiger partial charge is 0.249 e. The monoisotopic (exact) mass is 327 g/mol. The molecule has 1 unspecified atom stereocenters. The van der Waals surface area contributed by atoms with Gasteiger partial charge in [0, 0.05) is 13.0 Å². The summed E-state index contributed by atoms with van der Waals surface area (Å²) in [6.07, 6.45) is 2.52. The zero-order valence-corrected chi connectivity index (χ0v) is 13.7. The van der Waals surface area contributed by atoms with Gasteiger partial charge in [-0.25, -0.2) is 0 Å². The zero-order chi connectivity index (χ0) is 16.9. The summed E-state index contributed by atoms with van der Waals surface area (Å²) < 4.78 is 0. The number of carbonyl (C=O) groups is 2. The molecule has 2 aromatic rings. The number of H-pyrrole nitrogens is 1. The molecule has 7 nitrogen and oxygen atoms in total. The van der Waals surface area contributed by atoms with Gasteiger partial charge in [-0.15, -0.1) is 5.10 Å². The summed E-state index contributed by atoms with van der Waals surface area (Å²) in [5, 5.41) is 9.43. The summed E-state index contributed by atoms with van der Waals surface area (Å²) in [7, 11) is 0. The van der Waals surface area contributed by atoms with E-state index in [9.17, 15) is 9.59 Å². The minimum absolute atomic E-state index is 0.0249. The molecule has 3 rings (SSSR count). The number of aromatic amines is 1. The van der Waals surface area contributed by atoms with Crippen LogP contribution in [0.3, 0.4) is 0 Å². The van der Waals surface area contributed by atoms with Gasteiger partial charge >= 0.3 is 0 Å². The molecule has 0 bridgehead atoms. The van der Waals surface area contributed by atoms with Gasteiger partial charge in [0.2, 0.25) is 17.8 Å². The van der Waals surface area contributed by atoms with Gasteiger partial charge in [-0.1, -0.05) is 37.3 Å². The van der Waals surface area contributed by atoms with Gasteiger partial charge in [0.15, 0.2) is 0 Å². The maximum atomic E-state index is 12.5. The summed E-state index contributed by atoms with van der Waals surface area (Å²) in [5.74, 6) is 0.728. The van der Waals surface area contributed by atoms with Gasteiger partial charge in [0.05, 0.1) is 6.42 Å². The molecule has 0 spiro atoms. The Labute approximate surface area is 140 Å². The molecule has 126 valence electrons. The minimum Gasteiger partial charge on any atom is -0.330 e. The van der Waals surface area contributed by atoms with Crippen LogP contribution in [0.15, 0.2) is 30.3 Å². The third-order valence-corrected chi connectivity index (χ3v) is 4.18. The van der Waals surface area contributed by atoms with E-state index in [2.05, 4.69) is 20.5 Å². The van der Waals surface area contributed by atoms with Crippen LogP contribution in [0.25, 0.3) is 0 Å². The largest absolute Gasteiger partial charge is 0.330 e. The molecular weight excluding hydrogens is 306 g/mol. The van der Waals surface area contributed by atoms with E-state index in [1.165, 1.54) is 0 Å². The molecule has 1 saturated heterocycles. The second-order valence-electron chi connectivity index (χ2n) is 5.86. The summed E-state index contributed by atoms with van der Waals surface area (Å²) in [4.78, 5) is 30.9. The first-order valence-electron chi connectivity index (χ1n) is 8.23. The summed E-state index contributed by atoms with van der Waals surface area (Å²) in [6, 6.07) is 9.12. The fourth-order valence-electron chi connectivity index (χ4n) is 2.91. The number of amides is 2. The SMILES string of the molecule is CCc1nc(NC(=O)C2CCCN2C(=O)Cc2ccccc2)n[nH]1. The lowest BCUT2D eigenvalue weighted by atomic mass is 10.1. The number of anilines is 1. The van der Waals surface area contributed by atoms with Crippen molar-refractivity contribution in [1.29, 1.82) is 0 Å². The molecule has 2 amide bonds. The highest BCUT2D eigenvalue weighted by Crippen LogP contribution is 2.20. The van der Waals surface area contributed by atoms with E-state index in [0.29, 0.717) is 31.6 Å². The normalized spacial score (nSPS) is 17.0. The van der Waals surface area contributed by atoms with Gasteiger partial charge in [0.25, 0.3) is 0 Å². The number of aryl methyl sites for hydroxylation is 1. The summed E-state index contributed by atoms with van der Waals surface area (Å²) in [5.41, 5.74) is 0.954. The van der Waals surface area contributed by atoms with Crippen LogP contribution in [-0.2, 0) is 22.4 Å². The summed E-state index contributed by atoms with van der Waals surface area (Å²) in [6.45, 7) is 2.56. The Hall–Kier alpha value is -2.70. The number of aromatic nitrogens is 3. The molecule has 0 radical (unpaired) electrons. The Balaban J connectivity index is 1.63. The number of nitrogens with one attached hydrogen (secondary N) is 2. The van der Waals surface area contributed by atoms with Crippen molar-refractivity contribution in [3.05, 3.63) is 41.7 Å². The van der Waals surface area contributed by atoms with Gasteiger partial charge in [0.1, 0.15) is 11.9 Å². The van der Waals surface area contributed by atoms with E-state index in [-0.39, 0.29) is 17.8 Å². The Bertz CT molecular complexity index is 713. The van der Waals surface area contributed by atoms with Gasteiger partial charge in [-0.2, -0.15) is 4.98 Å². The van der Waals surface area contributed by atoms with Crippen LogP contribution >= 0.6 is 0 Å². The number of nitrogens with zero attached hydrogens (tertiary/aromatic N) is 3. The second kappa shape index (κ2) is 7.25. The van der Waals surface area contributed by atoms with Crippen molar-refractivity contribution in [2.24, 2.45) is 0 Å². The molecule has 2 heterocycles. The lowest BCUT2D eigenvalue weighted by Gasteiger charge is -2.23. The third-order valence-electron chi connectivity index (χ3n) is 4.18. The van der Waals surface area contributed by atoms with Crippen molar-refractivity contribution in [2.75, 3.05) is 11.9 Å². The number of hydrogen-bond donors (Lipinski definition) is 2. The van der Waals surface area contributed by atoms with E-state index in [1.807, 2.05) is 37.3 Å². The number of rotatable bonds is 5. The van der Waals surface area contributed by atoms with Crippen LogP contribution in [-0.4, -0.2) is 44.5 Å². The van der Waals surface area contributed by atoms with Crippen LogP contribution in [0.5, 0.6) is 0 Å². The van der Waals surface area contributed by atoms with Crippen molar-refractivity contribution in [3.8, 4) is 0 Å². The Kier molecular flexibility index (Phi) is 4.88. The fraction of sp³-hybridized carbons (Fsp3) is 0.412. The first-order chi connectivity index (χ1) is 11.7. The number of hydrogen-bond acceptors (Lipinski definition) is 4. The van der Waals surface area contributed by atoms with E-state index >= 15 is 0 Å². The van der Waals surface area contributed by atoms with Crippen molar-refractivity contribution in [1.82, 2.24) is 20.1 Å². The predicted molar refractivity (Wildman–Crippen MR) is 89.3 cm³/mol. The van der Waals surface area contributed by atoms with E-state index in [0.717, 1.165) is 12.0 Å². The van der Waals surface area contributed by atoms with E-state index in [4.69, 9.17) is 0 Å². The molecule has 0 aliphatic carbocycles. The third kappa shape index (κ3) is 3.61. The Morgan fingerprint density at radius 2 is 2.12 bits per heavy atom. The average molecular weight is 327 g/mol. The molecule has 1 fully saturated rings. The molecule has 24 heavy (non-hydrogen) atoms. The highest BCUT2D eigenvalue weighted by Gasteiger charge is 2.34. The standard InChI is InChI=1S/C17H21N5O2/c1-2-14-18-17(21-20-14)19-16(24)13-9-6-10-22(13)15(23)11-12-7-4-3-5-8-12/h3-5,7-8,13H,2,6,9-11H2,1H3,(H2,18,19,20,21,24). The highest BCUT2D eigenvalue weighted by molar-refractivity contribution is 5.96. The van der Waals surface area contributed by atoms with Crippen molar-refractivity contribution in [3.63, 3.8) is 0 Å². The topological polar surface area (TPSA) is 91.0 Å². The molecular formula is C17H21N5O2. The van der Waals surface area contributed by atoms with Crippen LogP contribution in [0.1, 0.15) is 31.2 Å². The average Bonchev–Trinajstić information content (AvgIpc) is 3.24. The molecule has 1 aromatic carbocycles. The molecule has 1 atom stereocenters. The molecule has 1 aliphatic rings.